The number of carbonyl (C=O) groups is 5. The minimum Gasteiger partial charge on any atom is -0.481 e. The summed E-state index contributed by atoms with van der Waals surface area (Å²) in [4.78, 5) is 82.9. The number of hydrogen-bond acceptors (Lipinski definition) is 10. The molecule has 10 N–H and O–H groups in total. The topological polar surface area (TPSA) is 275 Å². The Labute approximate surface area is 241 Å². The van der Waals surface area contributed by atoms with Crippen molar-refractivity contribution in [1.82, 2.24) is 20.3 Å². The number of carbonyl (C=O) groups excluding carboxylic acids is 2. The van der Waals surface area contributed by atoms with Crippen LogP contribution in [0.4, 0.5) is 16.0 Å². The summed E-state index contributed by atoms with van der Waals surface area (Å²) in [5.74, 6) is -9.54. The van der Waals surface area contributed by atoms with Gasteiger partial charge in [0.15, 0.2) is 5.78 Å². The third-order valence-corrected chi connectivity index (χ3v) is 6.72. The van der Waals surface area contributed by atoms with E-state index in [2.05, 4.69) is 20.3 Å². The average molecular weight is 604 g/mol. The molecule has 1 aromatic carbocycles. The molecule has 0 fully saturated rings. The van der Waals surface area contributed by atoms with Crippen LogP contribution in [0.2, 0.25) is 0 Å². The quantitative estimate of drug-likeness (QED) is 0.104. The third kappa shape index (κ3) is 7.91. The van der Waals surface area contributed by atoms with Crippen molar-refractivity contribution in [2.45, 2.75) is 37.8 Å². The van der Waals surface area contributed by atoms with Gasteiger partial charge >= 0.3 is 17.9 Å². The monoisotopic (exact) mass is 603 g/mol. The zero-order chi connectivity index (χ0) is 32.0. The summed E-state index contributed by atoms with van der Waals surface area (Å²) in [6.07, 6.45) is -0.0190. The van der Waals surface area contributed by atoms with Crippen LogP contribution in [0, 0.1) is 11.7 Å². The van der Waals surface area contributed by atoms with Crippen molar-refractivity contribution < 1.29 is 43.7 Å². The normalized spacial score (nSPS) is 13.2. The lowest BCUT2D eigenvalue weighted by Gasteiger charge is -2.23. The Kier molecular flexibility index (Phi) is 10.2. The highest BCUT2D eigenvalue weighted by Gasteiger charge is 2.36. The van der Waals surface area contributed by atoms with E-state index >= 15 is 4.39 Å². The van der Waals surface area contributed by atoms with Crippen LogP contribution in [0.3, 0.4) is 0 Å². The van der Waals surface area contributed by atoms with Gasteiger partial charge in [0, 0.05) is 31.8 Å². The van der Waals surface area contributed by atoms with E-state index in [1.807, 2.05) is 0 Å². The number of nitrogens with one attached hydrogen (secondary N) is 3. The van der Waals surface area contributed by atoms with Crippen LogP contribution < -0.4 is 27.2 Å². The number of aromatic amines is 2. The van der Waals surface area contributed by atoms with Gasteiger partial charge in [-0.1, -0.05) is 0 Å². The van der Waals surface area contributed by atoms with Crippen molar-refractivity contribution in [1.29, 1.82) is 0 Å². The van der Waals surface area contributed by atoms with E-state index in [4.69, 9.17) is 21.7 Å². The number of anilines is 2. The molecule has 43 heavy (non-hydrogen) atoms. The first-order valence-corrected chi connectivity index (χ1v) is 12.8. The van der Waals surface area contributed by atoms with E-state index in [1.165, 1.54) is 17.0 Å². The number of nitrogens with two attached hydrogens (primary N) is 2. The zero-order valence-corrected chi connectivity index (χ0v) is 22.8. The second-order valence-electron chi connectivity index (χ2n) is 9.76. The Morgan fingerprint density at radius 3 is 2.44 bits per heavy atom. The standard InChI is InChI=1S/C26H30FN7O9/c1-34(7-6-12-10-30-21-19(12)23(39)33-26(29)32-21)17-4-2-11(8-14(17)27)22(38)31-16(3-5-18(35)36)20(37)13(24(40)41)9-15(28)25(42)43/h2,4,8,10,13,15-16H,3,5-7,9,28H2,1H3,(H,31,38)(H,35,36)(H,40,41)(H,42,43)(H4,29,30,32,33,39)/t13?,15-,16-/m0/s1. The van der Waals surface area contributed by atoms with Gasteiger partial charge in [0.2, 0.25) is 5.95 Å². The van der Waals surface area contributed by atoms with Gasteiger partial charge in [0.25, 0.3) is 11.5 Å². The fourth-order valence-electron chi connectivity index (χ4n) is 4.42. The number of rotatable bonds is 15. The van der Waals surface area contributed by atoms with E-state index < -0.39 is 78.2 Å². The van der Waals surface area contributed by atoms with E-state index in [9.17, 15) is 33.9 Å². The highest BCUT2D eigenvalue weighted by Crippen LogP contribution is 2.22. The fourth-order valence-corrected chi connectivity index (χ4v) is 4.42. The molecule has 2 heterocycles. The van der Waals surface area contributed by atoms with E-state index in [1.54, 1.807) is 13.2 Å². The maximum atomic E-state index is 15.1. The molecule has 0 radical (unpaired) electrons. The number of Topliss-reactive ketones (excluding diaryl/α,β-unsaturated/α-hetero) is 1. The van der Waals surface area contributed by atoms with Gasteiger partial charge in [0.1, 0.15) is 23.4 Å². The first-order valence-electron chi connectivity index (χ1n) is 12.8. The fraction of sp³-hybridized carbons (Fsp3) is 0.346. The zero-order valence-electron chi connectivity index (χ0n) is 22.8. The van der Waals surface area contributed by atoms with E-state index in [0.29, 0.717) is 23.0 Å². The van der Waals surface area contributed by atoms with Gasteiger partial charge in [-0.15, -0.1) is 0 Å². The molecule has 0 bridgehead atoms. The average Bonchev–Trinajstić information content (AvgIpc) is 3.34. The van der Waals surface area contributed by atoms with Crippen LogP contribution in [0.25, 0.3) is 11.0 Å². The number of fused-ring (bicyclic) bond motifs is 1. The minimum atomic E-state index is -1.95. The predicted molar refractivity (Wildman–Crippen MR) is 149 cm³/mol. The summed E-state index contributed by atoms with van der Waals surface area (Å²) < 4.78 is 15.1. The first-order chi connectivity index (χ1) is 20.2. The Balaban J connectivity index is 1.75. The maximum absolute atomic E-state index is 15.1. The molecule has 3 atom stereocenters. The highest BCUT2D eigenvalue weighted by molar-refractivity contribution is 6.04. The van der Waals surface area contributed by atoms with Crippen LogP contribution >= 0.6 is 0 Å². The molecule has 3 aromatic rings. The SMILES string of the molecule is CN(CCc1c[nH]c2nc(N)[nH]c(=O)c12)c1ccc(C(=O)N[C@@H](CCC(=O)O)C(=O)C(C[C@H](N)C(=O)O)C(=O)O)cc1F. The number of nitrogen functional groups attached to an aromatic ring is 1. The molecule has 1 unspecified atom stereocenters. The van der Waals surface area contributed by atoms with Crippen molar-refractivity contribution in [3.05, 3.63) is 51.7 Å². The number of aromatic nitrogens is 3. The largest absolute Gasteiger partial charge is 0.481 e. The van der Waals surface area contributed by atoms with Gasteiger partial charge in [-0.05, 0) is 43.0 Å². The lowest BCUT2D eigenvalue weighted by atomic mass is 9.89. The van der Waals surface area contributed by atoms with E-state index in [0.717, 1.165) is 6.07 Å². The molecule has 2 aromatic heterocycles. The Hall–Kier alpha value is -5.32. The summed E-state index contributed by atoms with van der Waals surface area (Å²) in [6.45, 7) is 0.250. The lowest BCUT2D eigenvalue weighted by molar-refractivity contribution is -0.148. The summed E-state index contributed by atoms with van der Waals surface area (Å²) >= 11 is 0. The van der Waals surface area contributed by atoms with Crippen LogP contribution in [0.5, 0.6) is 0 Å². The number of hydrogen-bond donors (Lipinski definition) is 8. The molecule has 17 heteroatoms. The summed E-state index contributed by atoms with van der Waals surface area (Å²) in [5, 5.41) is 30.1. The number of halogens is 1. The molecule has 230 valence electrons. The third-order valence-electron chi connectivity index (χ3n) is 6.72. The van der Waals surface area contributed by atoms with Gasteiger partial charge < -0.3 is 42.0 Å². The van der Waals surface area contributed by atoms with Crippen molar-refractivity contribution in [2.75, 3.05) is 24.2 Å². The molecular formula is C26H30FN7O9. The number of H-pyrrole nitrogens is 2. The van der Waals surface area contributed by atoms with Crippen molar-refractivity contribution in [3.63, 3.8) is 0 Å². The second-order valence-corrected chi connectivity index (χ2v) is 9.76. The van der Waals surface area contributed by atoms with Gasteiger partial charge in [0.05, 0.1) is 17.1 Å². The molecule has 16 nitrogen and oxygen atoms in total. The number of nitrogens with zero attached hydrogens (tertiary/aromatic N) is 2. The van der Waals surface area contributed by atoms with Crippen molar-refractivity contribution in [3.8, 4) is 0 Å². The van der Waals surface area contributed by atoms with Crippen LogP contribution in [0.1, 0.15) is 35.2 Å². The molecule has 3 rings (SSSR count). The molecule has 0 saturated heterocycles. The Morgan fingerprint density at radius 1 is 1.14 bits per heavy atom. The number of amides is 1. The number of aliphatic carboxylic acids is 3. The van der Waals surface area contributed by atoms with Crippen LogP contribution in [-0.4, -0.2) is 85.5 Å². The van der Waals surface area contributed by atoms with E-state index in [-0.39, 0.29) is 23.7 Å². The molecule has 0 saturated carbocycles. The summed E-state index contributed by atoms with van der Waals surface area (Å²) in [7, 11) is 1.59. The Bertz CT molecular complexity index is 1620. The highest BCUT2D eigenvalue weighted by atomic mass is 19.1. The number of carboxylic acid groups (broad SMARTS) is 3. The lowest BCUT2D eigenvalue weighted by Crippen LogP contribution is -2.47. The molecule has 0 aliphatic heterocycles. The number of likely N-dealkylation sites (N-methyl/N-ethyl adjacent to an activating group) is 1. The van der Waals surface area contributed by atoms with Gasteiger partial charge in [-0.3, -0.25) is 33.8 Å². The van der Waals surface area contributed by atoms with Crippen molar-refractivity contribution >= 4 is 52.3 Å². The predicted octanol–water partition coefficient (Wildman–Crippen LogP) is -0.313. The summed E-state index contributed by atoms with van der Waals surface area (Å²) in [6, 6.07) is 0.0973. The number of benzene rings is 1. The molecule has 0 aliphatic carbocycles. The van der Waals surface area contributed by atoms with Crippen LogP contribution in [-0.2, 0) is 25.6 Å². The molecule has 1 amide bonds. The molecule has 0 aliphatic rings. The number of ketones is 1. The second kappa shape index (κ2) is 13.6. The van der Waals surface area contributed by atoms with Gasteiger partial charge in [-0.2, -0.15) is 4.98 Å². The Morgan fingerprint density at radius 2 is 1.84 bits per heavy atom. The number of carboxylic acids is 3. The first kappa shape index (κ1) is 32.2. The molecular weight excluding hydrogens is 573 g/mol. The van der Waals surface area contributed by atoms with Crippen LogP contribution in [0.15, 0.2) is 29.2 Å². The van der Waals surface area contributed by atoms with Gasteiger partial charge in [-0.25, -0.2) is 4.39 Å². The molecule has 0 spiro atoms. The smallest absolute Gasteiger partial charge is 0.320 e. The summed E-state index contributed by atoms with van der Waals surface area (Å²) in [5.41, 5.74) is 11.3. The van der Waals surface area contributed by atoms with Crippen molar-refractivity contribution in [2.24, 2.45) is 11.7 Å². The minimum absolute atomic E-state index is 0.0455. The maximum Gasteiger partial charge on any atom is 0.320 e.